The highest BCUT2D eigenvalue weighted by molar-refractivity contribution is 7.91. The lowest BCUT2D eigenvalue weighted by Gasteiger charge is -2.13. The number of anilines is 1. The zero-order chi connectivity index (χ0) is 18.8. The molecule has 1 heterocycles. The van der Waals surface area contributed by atoms with Crippen molar-refractivity contribution in [3.05, 3.63) is 29.8 Å². The van der Waals surface area contributed by atoms with Gasteiger partial charge in [-0.05, 0) is 24.6 Å². The molecule has 0 bridgehead atoms. The number of rotatable bonds is 6. The summed E-state index contributed by atoms with van der Waals surface area (Å²) in [5.41, 5.74) is 0.586. The fourth-order valence-corrected chi connectivity index (χ4v) is 4.70. The number of benzene rings is 1. The first-order chi connectivity index (χ1) is 11.5. The first-order valence-electron chi connectivity index (χ1n) is 6.92. The van der Waals surface area contributed by atoms with Crippen LogP contribution in [0.2, 0.25) is 0 Å². The van der Waals surface area contributed by atoms with E-state index in [1.807, 2.05) is 0 Å². The molecule has 9 nitrogen and oxygen atoms in total. The second kappa shape index (κ2) is 7.15. The van der Waals surface area contributed by atoms with Crippen molar-refractivity contribution in [3.8, 4) is 0 Å². The van der Waals surface area contributed by atoms with Crippen molar-refractivity contribution in [1.82, 2.24) is 14.9 Å². The molecule has 12 heteroatoms. The number of nitrogens with zero attached hydrogens (tertiary/aromatic N) is 2. The maximum atomic E-state index is 12.3. The summed E-state index contributed by atoms with van der Waals surface area (Å²) in [5, 5.41) is 9.59. The number of hydrogen-bond donors (Lipinski definition) is 2. The van der Waals surface area contributed by atoms with Gasteiger partial charge in [0, 0.05) is 19.2 Å². The summed E-state index contributed by atoms with van der Waals surface area (Å²) in [4.78, 5) is 11.1. The molecule has 0 aliphatic heterocycles. The van der Waals surface area contributed by atoms with Gasteiger partial charge < -0.3 is 5.32 Å². The normalized spacial score (nSPS) is 13.4. The van der Waals surface area contributed by atoms with Crippen molar-refractivity contribution in [2.75, 3.05) is 11.6 Å². The Bertz CT molecular complexity index is 981. The second-order valence-electron chi connectivity index (χ2n) is 5.24. The van der Waals surface area contributed by atoms with Crippen LogP contribution in [0.5, 0.6) is 0 Å². The lowest BCUT2D eigenvalue weighted by atomic mass is 10.1. The molecule has 2 rings (SSSR count). The third-order valence-electron chi connectivity index (χ3n) is 3.06. The van der Waals surface area contributed by atoms with Crippen LogP contribution in [0, 0.1) is 0 Å². The molecule has 1 unspecified atom stereocenters. The number of nitrogens with one attached hydrogen (secondary N) is 2. The molecule has 0 saturated heterocycles. The summed E-state index contributed by atoms with van der Waals surface area (Å²) in [5.74, 6) is -0.382. The number of aromatic nitrogens is 2. The Kier molecular flexibility index (Phi) is 5.56. The molecule has 0 radical (unpaired) electrons. The van der Waals surface area contributed by atoms with E-state index in [1.54, 1.807) is 6.92 Å². The van der Waals surface area contributed by atoms with Crippen LogP contribution in [0.3, 0.4) is 0 Å². The van der Waals surface area contributed by atoms with Gasteiger partial charge in [0.15, 0.2) is 9.84 Å². The minimum atomic E-state index is -3.94. The average molecular weight is 404 g/mol. The summed E-state index contributed by atoms with van der Waals surface area (Å²) < 4.78 is 49.7. The van der Waals surface area contributed by atoms with E-state index in [4.69, 9.17) is 0 Å². The molecule has 0 spiro atoms. The molecule has 1 amide bonds. The van der Waals surface area contributed by atoms with Crippen LogP contribution in [0.15, 0.2) is 33.5 Å². The van der Waals surface area contributed by atoms with E-state index in [-0.39, 0.29) is 20.3 Å². The quantitative estimate of drug-likeness (QED) is 0.684. The Morgan fingerprint density at radius 1 is 1.12 bits per heavy atom. The van der Waals surface area contributed by atoms with Crippen LogP contribution in [0.4, 0.5) is 5.13 Å². The largest absolute Gasteiger partial charge is 0.301 e. The van der Waals surface area contributed by atoms with Gasteiger partial charge in [-0.1, -0.05) is 23.5 Å². The Hall–Kier alpha value is -1.89. The van der Waals surface area contributed by atoms with E-state index in [0.717, 1.165) is 17.6 Å². The number of hydrogen-bond acceptors (Lipinski definition) is 8. The van der Waals surface area contributed by atoms with Crippen LogP contribution in [-0.2, 0) is 24.7 Å². The highest BCUT2D eigenvalue weighted by Crippen LogP contribution is 2.23. The predicted octanol–water partition coefficient (Wildman–Crippen LogP) is 0.939. The zero-order valence-electron chi connectivity index (χ0n) is 13.5. The Balaban J connectivity index is 2.17. The number of carbonyl (C=O) groups is 1. The minimum Gasteiger partial charge on any atom is -0.301 e. The number of sulfone groups is 1. The highest BCUT2D eigenvalue weighted by atomic mass is 32.2. The van der Waals surface area contributed by atoms with Gasteiger partial charge in [0.25, 0.3) is 10.0 Å². The molecule has 1 aromatic carbocycles. The zero-order valence-corrected chi connectivity index (χ0v) is 16.0. The van der Waals surface area contributed by atoms with Gasteiger partial charge in [-0.15, -0.1) is 10.2 Å². The van der Waals surface area contributed by atoms with Crippen LogP contribution >= 0.6 is 11.3 Å². The van der Waals surface area contributed by atoms with E-state index < -0.39 is 25.9 Å². The first kappa shape index (κ1) is 19.4. The smallest absolute Gasteiger partial charge is 0.270 e. The molecular formula is C13H16N4O5S3. The Morgan fingerprint density at radius 2 is 1.72 bits per heavy atom. The molecule has 1 aromatic heterocycles. The number of carbonyl (C=O) groups excluding carboxylic acids is 1. The van der Waals surface area contributed by atoms with Gasteiger partial charge in [-0.25, -0.2) is 21.6 Å². The minimum absolute atomic E-state index is 0.0815. The number of amides is 1. The summed E-state index contributed by atoms with van der Waals surface area (Å²) in [6, 6.07) is 5.27. The number of sulfonamides is 1. The van der Waals surface area contributed by atoms with Gasteiger partial charge in [0.05, 0.1) is 4.90 Å². The van der Waals surface area contributed by atoms with Crippen LogP contribution in [0.25, 0.3) is 0 Å². The van der Waals surface area contributed by atoms with E-state index >= 15 is 0 Å². The maximum Gasteiger partial charge on any atom is 0.270 e. The van der Waals surface area contributed by atoms with Gasteiger partial charge in [-0.2, -0.15) is 0 Å². The third kappa shape index (κ3) is 5.04. The predicted molar refractivity (Wildman–Crippen MR) is 92.5 cm³/mol. The van der Waals surface area contributed by atoms with E-state index in [9.17, 15) is 21.6 Å². The topological polar surface area (TPSA) is 135 Å². The average Bonchev–Trinajstić information content (AvgIpc) is 2.94. The van der Waals surface area contributed by atoms with E-state index in [1.165, 1.54) is 31.2 Å². The van der Waals surface area contributed by atoms with E-state index in [2.05, 4.69) is 20.2 Å². The van der Waals surface area contributed by atoms with Gasteiger partial charge in [0.1, 0.15) is 0 Å². The van der Waals surface area contributed by atoms with Crippen molar-refractivity contribution in [2.24, 2.45) is 0 Å². The summed E-state index contributed by atoms with van der Waals surface area (Å²) >= 11 is 0.727. The van der Waals surface area contributed by atoms with Gasteiger partial charge in [0.2, 0.25) is 15.4 Å². The van der Waals surface area contributed by atoms with Crippen molar-refractivity contribution in [2.45, 2.75) is 29.1 Å². The van der Waals surface area contributed by atoms with Crippen LogP contribution in [-0.4, -0.2) is 39.2 Å². The first-order valence-corrected chi connectivity index (χ1v) is 11.1. The molecule has 0 fully saturated rings. The van der Waals surface area contributed by atoms with Gasteiger partial charge in [-0.3, -0.25) is 4.79 Å². The van der Waals surface area contributed by atoms with Crippen molar-refractivity contribution in [3.63, 3.8) is 0 Å². The molecule has 136 valence electrons. The van der Waals surface area contributed by atoms with Crippen LogP contribution < -0.4 is 10.0 Å². The molecular weight excluding hydrogens is 388 g/mol. The fraction of sp³-hybridized carbons (Fsp3) is 0.308. The summed E-state index contributed by atoms with van der Waals surface area (Å²) in [7, 11) is -7.26. The molecule has 25 heavy (non-hydrogen) atoms. The lowest BCUT2D eigenvalue weighted by molar-refractivity contribution is -0.114. The molecule has 0 aliphatic rings. The Morgan fingerprint density at radius 3 is 2.24 bits per heavy atom. The summed E-state index contributed by atoms with van der Waals surface area (Å²) in [6.45, 7) is 2.89. The lowest BCUT2D eigenvalue weighted by Crippen LogP contribution is -2.26. The monoisotopic (exact) mass is 404 g/mol. The SMILES string of the molecule is CC(=O)Nc1nnc(S(=O)(=O)NC(C)c2ccc(S(C)(=O)=O)cc2)s1. The maximum absolute atomic E-state index is 12.3. The standard InChI is InChI=1S/C13H16N4O5S3/c1-8(10-4-6-11(7-5-10)24(3,19)20)17-25(21,22)13-16-15-12(23-13)14-9(2)18/h4-8,17H,1-3H3,(H,14,15,18). The highest BCUT2D eigenvalue weighted by Gasteiger charge is 2.23. The summed E-state index contributed by atoms with van der Waals surface area (Å²) in [6.07, 6.45) is 1.09. The Labute approximate surface area is 149 Å². The van der Waals surface area contributed by atoms with Gasteiger partial charge >= 0.3 is 0 Å². The molecule has 0 saturated carbocycles. The second-order valence-corrected chi connectivity index (χ2v) is 10.1. The van der Waals surface area contributed by atoms with Crippen molar-refractivity contribution < 1.29 is 21.6 Å². The molecule has 1 atom stereocenters. The molecule has 2 aromatic rings. The third-order valence-corrected chi connectivity index (χ3v) is 6.93. The van der Waals surface area contributed by atoms with Crippen molar-refractivity contribution >= 4 is 42.2 Å². The fourth-order valence-electron chi connectivity index (χ4n) is 1.87. The van der Waals surface area contributed by atoms with Crippen LogP contribution in [0.1, 0.15) is 25.5 Å². The van der Waals surface area contributed by atoms with E-state index in [0.29, 0.717) is 5.56 Å². The van der Waals surface area contributed by atoms with Crippen molar-refractivity contribution in [1.29, 1.82) is 0 Å². The molecule has 0 aliphatic carbocycles. The molecule has 2 N–H and O–H groups in total.